The maximum Gasteiger partial charge on any atom is 0.319 e. The molecule has 1 aliphatic rings. The first-order chi connectivity index (χ1) is 12.6. The number of aromatic nitrogens is 3. The van der Waals surface area contributed by atoms with Gasteiger partial charge in [0.25, 0.3) is 0 Å². The van der Waals surface area contributed by atoms with Crippen molar-refractivity contribution < 1.29 is 14.3 Å². The van der Waals surface area contributed by atoms with Gasteiger partial charge in [-0.25, -0.2) is 9.48 Å². The molecule has 0 aliphatic carbocycles. The molecule has 0 spiro atoms. The number of benzene rings is 1. The third kappa shape index (κ3) is 3.76. The summed E-state index contributed by atoms with van der Waals surface area (Å²) in [4.78, 5) is 25.9. The van der Waals surface area contributed by atoms with Crippen LogP contribution in [0.5, 0.6) is 5.75 Å². The molecule has 9 nitrogen and oxygen atoms in total. The average molecular weight is 358 g/mol. The molecule has 0 bridgehead atoms. The van der Waals surface area contributed by atoms with Crippen molar-refractivity contribution in [2.24, 2.45) is 0 Å². The van der Waals surface area contributed by atoms with Crippen molar-refractivity contribution in [1.82, 2.24) is 20.3 Å². The van der Waals surface area contributed by atoms with Gasteiger partial charge in [-0.3, -0.25) is 4.79 Å². The number of hydrogen-bond acceptors (Lipinski definition) is 5. The Balaban J connectivity index is 1.67. The number of amides is 3. The Hall–Kier alpha value is -3.10. The van der Waals surface area contributed by atoms with E-state index in [4.69, 9.17) is 4.74 Å². The second-order valence-electron chi connectivity index (χ2n) is 5.88. The summed E-state index contributed by atoms with van der Waals surface area (Å²) in [5.41, 5.74) is 2.07. The normalized spacial score (nSPS) is 13.8. The van der Waals surface area contributed by atoms with Crippen LogP contribution >= 0.6 is 0 Å². The Morgan fingerprint density at radius 3 is 2.92 bits per heavy atom. The quantitative estimate of drug-likeness (QED) is 0.819. The van der Waals surface area contributed by atoms with E-state index in [1.54, 1.807) is 41.1 Å². The molecule has 2 aromatic rings. The number of hydrogen-bond donors (Lipinski definition) is 2. The van der Waals surface area contributed by atoms with Gasteiger partial charge in [0.15, 0.2) is 0 Å². The minimum Gasteiger partial charge on any atom is -0.495 e. The van der Waals surface area contributed by atoms with Crippen LogP contribution in [-0.4, -0.2) is 40.6 Å². The van der Waals surface area contributed by atoms with Gasteiger partial charge in [-0.05, 0) is 31.5 Å². The fourth-order valence-electron chi connectivity index (χ4n) is 2.91. The zero-order valence-electron chi connectivity index (χ0n) is 14.9. The van der Waals surface area contributed by atoms with Crippen molar-refractivity contribution in [1.29, 1.82) is 0 Å². The molecular formula is C17H22N6O3. The number of nitrogens with one attached hydrogen (secondary N) is 2. The predicted octanol–water partition coefficient (Wildman–Crippen LogP) is 1.76. The van der Waals surface area contributed by atoms with Crippen molar-refractivity contribution in [3.05, 3.63) is 30.1 Å². The van der Waals surface area contributed by atoms with Gasteiger partial charge in [0.2, 0.25) is 5.91 Å². The number of aryl methyl sites for hydroxylation is 1. The molecule has 0 atom stereocenters. The number of methoxy groups -OCH3 is 1. The molecule has 0 unspecified atom stereocenters. The maximum atomic E-state index is 12.2. The van der Waals surface area contributed by atoms with Gasteiger partial charge < -0.3 is 20.3 Å². The number of carbonyl (C=O) groups excluding carboxylic acids is 2. The molecule has 26 heavy (non-hydrogen) atoms. The van der Waals surface area contributed by atoms with Crippen molar-refractivity contribution in [3.63, 3.8) is 0 Å². The molecule has 0 radical (unpaired) electrons. The Morgan fingerprint density at radius 2 is 2.23 bits per heavy atom. The molecule has 3 amide bonds. The van der Waals surface area contributed by atoms with E-state index in [1.165, 1.54) is 0 Å². The highest BCUT2D eigenvalue weighted by Crippen LogP contribution is 2.33. The van der Waals surface area contributed by atoms with E-state index in [0.29, 0.717) is 43.2 Å². The predicted molar refractivity (Wildman–Crippen MR) is 96.1 cm³/mol. The Bertz CT molecular complexity index is 804. The molecule has 0 saturated carbocycles. The van der Waals surface area contributed by atoms with Gasteiger partial charge in [-0.15, -0.1) is 5.10 Å². The average Bonchev–Trinajstić information content (AvgIpc) is 3.28. The van der Waals surface area contributed by atoms with Crippen LogP contribution in [0.4, 0.5) is 16.2 Å². The van der Waals surface area contributed by atoms with Crippen molar-refractivity contribution >= 4 is 23.3 Å². The van der Waals surface area contributed by atoms with Crippen LogP contribution in [0.1, 0.15) is 25.5 Å². The van der Waals surface area contributed by atoms with Crippen molar-refractivity contribution in [2.45, 2.75) is 32.9 Å². The molecule has 2 N–H and O–H groups in total. The van der Waals surface area contributed by atoms with Crippen LogP contribution in [-0.2, 0) is 17.9 Å². The van der Waals surface area contributed by atoms with E-state index < -0.39 is 0 Å². The van der Waals surface area contributed by atoms with Gasteiger partial charge in [0, 0.05) is 25.2 Å². The topological polar surface area (TPSA) is 101 Å². The first-order valence-electron chi connectivity index (χ1n) is 8.53. The standard InChI is InChI=1S/C17H22N6O3/c1-3-23-13(11-19-21-23)10-18-17(25)20-12-6-7-15(26-2)14(9-12)22-8-4-5-16(22)24/h6-7,9,11H,3-5,8,10H2,1-2H3,(H2,18,20,25). The van der Waals surface area contributed by atoms with Gasteiger partial charge in [-0.1, -0.05) is 5.21 Å². The summed E-state index contributed by atoms with van der Waals surface area (Å²) in [7, 11) is 1.56. The zero-order valence-corrected chi connectivity index (χ0v) is 14.9. The minimum absolute atomic E-state index is 0.0604. The third-order valence-electron chi connectivity index (χ3n) is 4.23. The summed E-state index contributed by atoms with van der Waals surface area (Å²) in [5.74, 6) is 0.661. The highest BCUT2D eigenvalue weighted by molar-refractivity contribution is 5.98. The van der Waals surface area contributed by atoms with Crippen LogP contribution in [0.25, 0.3) is 0 Å². The summed E-state index contributed by atoms with van der Waals surface area (Å²) < 4.78 is 7.06. The molecule has 2 heterocycles. The molecule has 1 saturated heterocycles. The van der Waals surface area contributed by atoms with E-state index in [1.807, 2.05) is 6.92 Å². The summed E-state index contributed by atoms with van der Waals surface area (Å²) in [6.45, 7) is 3.61. The van der Waals surface area contributed by atoms with Crippen LogP contribution in [0.2, 0.25) is 0 Å². The number of ether oxygens (including phenoxy) is 1. The molecule has 1 aliphatic heterocycles. The number of urea groups is 1. The van der Waals surface area contributed by atoms with E-state index in [-0.39, 0.29) is 11.9 Å². The van der Waals surface area contributed by atoms with Gasteiger partial charge in [0.05, 0.1) is 31.2 Å². The Morgan fingerprint density at radius 1 is 1.38 bits per heavy atom. The number of anilines is 2. The van der Waals surface area contributed by atoms with Crippen molar-refractivity contribution in [3.8, 4) is 5.75 Å². The first-order valence-corrected chi connectivity index (χ1v) is 8.53. The zero-order chi connectivity index (χ0) is 18.5. The monoisotopic (exact) mass is 358 g/mol. The molecule has 3 rings (SSSR count). The molecule has 138 valence electrons. The molecule has 9 heteroatoms. The van der Waals surface area contributed by atoms with Crippen LogP contribution in [0, 0.1) is 0 Å². The van der Waals surface area contributed by atoms with Crippen LogP contribution in [0.3, 0.4) is 0 Å². The SMILES string of the molecule is CCn1nncc1CNC(=O)Nc1ccc(OC)c(N2CCCC2=O)c1. The van der Waals surface area contributed by atoms with Gasteiger partial charge in [0.1, 0.15) is 5.75 Å². The van der Waals surface area contributed by atoms with E-state index in [9.17, 15) is 9.59 Å². The number of carbonyl (C=O) groups is 2. The lowest BCUT2D eigenvalue weighted by molar-refractivity contribution is -0.117. The lowest BCUT2D eigenvalue weighted by Gasteiger charge is -2.20. The smallest absolute Gasteiger partial charge is 0.319 e. The van der Waals surface area contributed by atoms with Crippen LogP contribution in [0.15, 0.2) is 24.4 Å². The minimum atomic E-state index is -0.349. The third-order valence-corrected chi connectivity index (χ3v) is 4.23. The van der Waals surface area contributed by atoms with Gasteiger partial charge >= 0.3 is 6.03 Å². The largest absolute Gasteiger partial charge is 0.495 e. The number of nitrogens with zero attached hydrogens (tertiary/aromatic N) is 4. The van der Waals surface area contributed by atoms with Crippen LogP contribution < -0.4 is 20.3 Å². The number of rotatable bonds is 6. The highest BCUT2D eigenvalue weighted by Gasteiger charge is 2.24. The first kappa shape index (κ1) is 17.7. The molecule has 1 aromatic carbocycles. The van der Waals surface area contributed by atoms with Gasteiger partial charge in [-0.2, -0.15) is 0 Å². The Kier molecular flexibility index (Phi) is 5.35. The maximum absolute atomic E-state index is 12.2. The summed E-state index contributed by atoms with van der Waals surface area (Å²) in [5, 5.41) is 13.3. The lowest BCUT2D eigenvalue weighted by atomic mass is 10.2. The van der Waals surface area contributed by atoms with E-state index >= 15 is 0 Å². The molecular weight excluding hydrogens is 336 g/mol. The summed E-state index contributed by atoms with van der Waals surface area (Å²) >= 11 is 0. The fraction of sp³-hybridized carbons (Fsp3) is 0.412. The van der Waals surface area contributed by atoms with E-state index in [2.05, 4.69) is 20.9 Å². The summed E-state index contributed by atoms with van der Waals surface area (Å²) in [6, 6.07) is 4.88. The molecule has 1 aromatic heterocycles. The summed E-state index contributed by atoms with van der Waals surface area (Å²) in [6.07, 6.45) is 2.97. The molecule has 1 fully saturated rings. The van der Waals surface area contributed by atoms with E-state index in [0.717, 1.165) is 12.1 Å². The van der Waals surface area contributed by atoms with Crippen molar-refractivity contribution in [2.75, 3.05) is 23.9 Å². The highest BCUT2D eigenvalue weighted by atomic mass is 16.5. The Labute approximate surface area is 151 Å². The lowest BCUT2D eigenvalue weighted by Crippen LogP contribution is -2.29. The second kappa shape index (κ2) is 7.85. The fourth-order valence-corrected chi connectivity index (χ4v) is 2.91. The second-order valence-corrected chi connectivity index (χ2v) is 5.88.